The van der Waals surface area contributed by atoms with E-state index in [4.69, 9.17) is 14.5 Å². The van der Waals surface area contributed by atoms with Crippen LogP contribution in [0.1, 0.15) is 11.3 Å². The Morgan fingerprint density at radius 1 is 1.07 bits per heavy atom. The molecule has 0 saturated heterocycles. The van der Waals surface area contributed by atoms with Crippen LogP contribution >= 0.6 is 0 Å². The van der Waals surface area contributed by atoms with Gasteiger partial charge in [-0.1, -0.05) is 24.3 Å². The third-order valence-electron chi connectivity index (χ3n) is 5.52. The minimum Gasteiger partial charge on any atom is -0.494 e. The second kappa shape index (κ2) is 5.35. The summed E-state index contributed by atoms with van der Waals surface area (Å²) in [6.07, 6.45) is 3.00. The SMILES string of the molecule is Oc1[nH]c2c3c(c4c(cc13)OCO4)-c1ccccc1C2=Nc1ncnc2nc[nH]c12. The number of benzene rings is 2. The van der Waals surface area contributed by atoms with Gasteiger partial charge in [-0.05, 0) is 11.6 Å². The quantitative estimate of drug-likeness (QED) is 0.392. The molecule has 1 aliphatic heterocycles. The van der Waals surface area contributed by atoms with Crippen LogP contribution in [0.5, 0.6) is 17.4 Å². The summed E-state index contributed by atoms with van der Waals surface area (Å²) in [6.45, 7) is 0.149. The minimum atomic E-state index is 0.0504. The number of ether oxygens (including phenoxy) is 2. The van der Waals surface area contributed by atoms with E-state index in [1.165, 1.54) is 6.33 Å². The first-order valence-electron chi connectivity index (χ1n) is 9.30. The number of nitrogens with one attached hydrogen (secondary N) is 2. The van der Waals surface area contributed by atoms with Gasteiger partial charge in [0.05, 0.1) is 17.7 Å². The van der Waals surface area contributed by atoms with E-state index in [1.54, 1.807) is 12.4 Å². The van der Waals surface area contributed by atoms with Crippen molar-refractivity contribution in [1.29, 1.82) is 0 Å². The monoisotopic (exact) mass is 396 g/mol. The van der Waals surface area contributed by atoms with Crippen LogP contribution in [0.2, 0.25) is 0 Å². The molecular formula is C21H12N6O3. The molecule has 144 valence electrons. The first kappa shape index (κ1) is 15.5. The smallest absolute Gasteiger partial charge is 0.231 e. The van der Waals surface area contributed by atoms with Gasteiger partial charge in [0.2, 0.25) is 6.79 Å². The number of aromatic amines is 2. The van der Waals surface area contributed by atoms with Crippen molar-refractivity contribution in [3.63, 3.8) is 0 Å². The molecule has 0 saturated carbocycles. The van der Waals surface area contributed by atoms with E-state index >= 15 is 0 Å². The van der Waals surface area contributed by atoms with Gasteiger partial charge in [-0.25, -0.2) is 19.9 Å². The molecule has 2 aromatic carbocycles. The van der Waals surface area contributed by atoms with Gasteiger partial charge < -0.3 is 24.5 Å². The Kier molecular flexibility index (Phi) is 2.77. The molecule has 0 fully saturated rings. The summed E-state index contributed by atoms with van der Waals surface area (Å²) in [7, 11) is 0. The van der Waals surface area contributed by atoms with Gasteiger partial charge in [-0.3, -0.25) is 0 Å². The highest BCUT2D eigenvalue weighted by Crippen LogP contribution is 2.52. The largest absolute Gasteiger partial charge is 0.494 e. The maximum Gasteiger partial charge on any atom is 0.231 e. The zero-order valence-electron chi connectivity index (χ0n) is 15.3. The minimum absolute atomic E-state index is 0.0504. The van der Waals surface area contributed by atoms with Crippen molar-refractivity contribution in [3.8, 4) is 28.5 Å². The predicted molar refractivity (Wildman–Crippen MR) is 109 cm³/mol. The van der Waals surface area contributed by atoms with E-state index in [2.05, 4.69) is 24.9 Å². The number of hydrogen-bond donors (Lipinski definition) is 3. The first-order valence-corrected chi connectivity index (χ1v) is 9.30. The second-order valence-corrected chi connectivity index (χ2v) is 7.06. The summed E-state index contributed by atoms with van der Waals surface area (Å²) >= 11 is 0. The van der Waals surface area contributed by atoms with Crippen molar-refractivity contribution in [1.82, 2.24) is 24.9 Å². The first-order chi connectivity index (χ1) is 14.8. The summed E-state index contributed by atoms with van der Waals surface area (Å²) in [5, 5.41) is 12.2. The van der Waals surface area contributed by atoms with Crippen molar-refractivity contribution in [2.24, 2.45) is 4.99 Å². The molecule has 5 aromatic rings. The van der Waals surface area contributed by atoms with Gasteiger partial charge in [-0.15, -0.1) is 0 Å². The van der Waals surface area contributed by atoms with Gasteiger partial charge >= 0.3 is 0 Å². The van der Waals surface area contributed by atoms with Crippen LogP contribution in [0.25, 0.3) is 33.1 Å². The molecule has 4 heterocycles. The molecule has 0 amide bonds. The Morgan fingerprint density at radius 2 is 1.97 bits per heavy atom. The predicted octanol–water partition coefficient (Wildman–Crippen LogP) is 3.42. The lowest BCUT2D eigenvalue weighted by Gasteiger charge is -2.20. The third kappa shape index (κ3) is 1.86. The van der Waals surface area contributed by atoms with Crippen LogP contribution in [-0.4, -0.2) is 42.5 Å². The van der Waals surface area contributed by atoms with Crippen LogP contribution in [0.3, 0.4) is 0 Å². The Hall–Kier alpha value is -4.40. The molecule has 0 bridgehead atoms. The average Bonchev–Trinajstić information content (AvgIpc) is 3.50. The van der Waals surface area contributed by atoms with Gasteiger partial charge in [0, 0.05) is 21.9 Å². The van der Waals surface area contributed by atoms with Gasteiger partial charge in [0.25, 0.3) is 0 Å². The molecule has 9 heteroatoms. The Morgan fingerprint density at radius 3 is 2.90 bits per heavy atom. The second-order valence-electron chi connectivity index (χ2n) is 7.06. The molecule has 0 spiro atoms. The topological polar surface area (TPSA) is 121 Å². The van der Waals surface area contributed by atoms with E-state index in [-0.39, 0.29) is 12.7 Å². The zero-order valence-corrected chi connectivity index (χ0v) is 15.3. The highest BCUT2D eigenvalue weighted by atomic mass is 16.7. The van der Waals surface area contributed by atoms with E-state index in [9.17, 15) is 5.11 Å². The lowest BCUT2D eigenvalue weighted by Crippen LogP contribution is -2.11. The molecule has 9 nitrogen and oxygen atoms in total. The number of fused-ring (bicyclic) bond motifs is 5. The zero-order chi connectivity index (χ0) is 19.8. The van der Waals surface area contributed by atoms with Crippen molar-refractivity contribution in [3.05, 3.63) is 54.2 Å². The number of nitrogens with zero attached hydrogens (tertiary/aromatic N) is 4. The molecule has 3 N–H and O–H groups in total. The molecular weight excluding hydrogens is 384 g/mol. The van der Waals surface area contributed by atoms with E-state index < -0.39 is 0 Å². The van der Waals surface area contributed by atoms with Crippen molar-refractivity contribution >= 4 is 33.5 Å². The summed E-state index contributed by atoms with van der Waals surface area (Å²) in [6, 6.07) is 9.71. The number of aliphatic imine (C=N–C) groups is 1. The Labute approximate surface area is 168 Å². The average molecular weight is 396 g/mol. The van der Waals surface area contributed by atoms with Crippen molar-refractivity contribution < 1.29 is 14.6 Å². The lowest BCUT2D eigenvalue weighted by atomic mass is 9.85. The number of aromatic nitrogens is 5. The van der Waals surface area contributed by atoms with Crippen molar-refractivity contribution in [2.45, 2.75) is 0 Å². The standard InChI is InChI=1S/C21H12N6O3/c28-21-11-5-12-18(30-8-29-12)14-9-3-1-2-4-10(9)15(16(27-21)13(11)14)26-20-17-19(23-6-22-17)24-7-25-20/h1-7,27-28H,8H2,(H,22,23,24,25). The number of rotatable bonds is 1. The summed E-state index contributed by atoms with van der Waals surface area (Å²) in [5.74, 6) is 1.80. The number of H-pyrrole nitrogens is 2. The summed E-state index contributed by atoms with van der Waals surface area (Å²) in [4.78, 5) is 23.7. The summed E-state index contributed by atoms with van der Waals surface area (Å²) < 4.78 is 11.4. The van der Waals surface area contributed by atoms with Crippen LogP contribution in [0, 0.1) is 0 Å². The fourth-order valence-corrected chi connectivity index (χ4v) is 4.27. The van der Waals surface area contributed by atoms with Crippen LogP contribution in [-0.2, 0) is 0 Å². The maximum absolute atomic E-state index is 10.7. The third-order valence-corrected chi connectivity index (χ3v) is 5.52. The van der Waals surface area contributed by atoms with Crippen LogP contribution in [0.4, 0.5) is 5.82 Å². The molecule has 1 aliphatic carbocycles. The van der Waals surface area contributed by atoms with E-state index in [1.807, 2.05) is 24.3 Å². The molecule has 0 unspecified atom stereocenters. The van der Waals surface area contributed by atoms with Gasteiger partial charge in [-0.2, -0.15) is 0 Å². The molecule has 0 atom stereocenters. The number of hydrogen-bond acceptors (Lipinski definition) is 7. The molecule has 3 aromatic heterocycles. The highest BCUT2D eigenvalue weighted by Gasteiger charge is 2.33. The van der Waals surface area contributed by atoms with Gasteiger partial charge in [0.1, 0.15) is 11.8 Å². The molecule has 7 rings (SSSR count). The lowest BCUT2D eigenvalue weighted by molar-refractivity contribution is 0.174. The number of imidazole rings is 1. The molecule has 2 aliphatic rings. The molecule has 0 radical (unpaired) electrons. The number of aromatic hydroxyl groups is 1. The van der Waals surface area contributed by atoms with Crippen LogP contribution in [0.15, 0.2) is 48.0 Å². The van der Waals surface area contributed by atoms with Crippen molar-refractivity contribution in [2.75, 3.05) is 6.79 Å². The fraction of sp³-hybridized carbons (Fsp3) is 0.0476. The van der Waals surface area contributed by atoms with Crippen LogP contribution < -0.4 is 9.47 Å². The summed E-state index contributed by atoms with van der Waals surface area (Å²) in [5.41, 5.74) is 5.27. The Balaban J connectivity index is 1.63. The molecule has 30 heavy (non-hydrogen) atoms. The normalized spacial score (nSPS) is 15.3. The maximum atomic E-state index is 10.7. The highest BCUT2D eigenvalue weighted by molar-refractivity contribution is 6.29. The Bertz CT molecular complexity index is 1550. The van der Waals surface area contributed by atoms with E-state index in [0.29, 0.717) is 45.3 Å². The van der Waals surface area contributed by atoms with E-state index in [0.717, 1.165) is 22.1 Å². The fourth-order valence-electron chi connectivity index (χ4n) is 4.27. The van der Waals surface area contributed by atoms with Gasteiger partial charge in [0.15, 0.2) is 28.8 Å².